The van der Waals surface area contributed by atoms with Gasteiger partial charge in [0.25, 0.3) is 0 Å². The molecule has 0 spiro atoms. The molecule has 0 radical (unpaired) electrons. The van der Waals surface area contributed by atoms with Gasteiger partial charge in [-0.15, -0.1) is 0 Å². The van der Waals surface area contributed by atoms with Crippen molar-refractivity contribution in [3.8, 4) is 0 Å². The molecule has 1 N–H and O–H groups in total. The molecule has 96 valence electrons. The van der Waals surface area contributed by atoms with Gasteiger partial charge >= 0.3 is 0 Å². The average Bonchev–Trinajstić information content (AvgIpc) is 2.76. The molecule has 3 nitrogen and oxygen atoms in total. The molecule has 16 heavy (non-hydrogen) atoms. The first-order chi connectivity index (χ1) is 7.86. The topological polar surface area (TPSA) is 24.5 Å². The fourth-order valence-corrected chi connectivity index (χ4v) is 2.17. The SMILES string of the molecule is CCCCOCCNCC1CCN(CC)C1. The van der Waals surface area contributed by atoms with Gasteiger partial charge in [-0.1, -0.05) is 20.3 Å². The van der Waals surface area contributed by atoms with E-state index in [9.17, 15) is 0 Å². The standard InChI is InChI=1S/C13H28N2O/c1-3-5-9-16-10-7-14-11-13-6-8-15(4-2)12-13/h13-14H,3-12H2,1-2H3. The molecule has 0 amide bonds. The van der Waals surface area contributed by atoms with Crippen molar-refractivity contribution in [2.24, 2.45) is 5.92 Å². The zero-order chi connectivity index (χ0) is 11.6. The summed E-state index contributed by atoms with van der Waals surface area (Å²) < 4.78 is 5.51. The molecule has 1 fully saturated rings. The normalized spacial score (nSPS) is 21.8. The molecule has 1 aliphatic rings. The van der Waals surface area contributed by atoms with E-state index in [-0.39, 0.29) is 0 Å². The van der Waals surface area contributed by atoms with Crippen molar-refractivity contribution in [1.29, 1.82) is 0 Å². The number of likely N-dealkylation sites (tertiary alicyclic amines) is 1. The smallest absolute Gasteiger partial charge is 0.0590 e. The maximum atomic E-state index is 5.51. The number of ether oxygens (including phenoxy) is 1. The highest BCUT2D eigenvalue weighted by Gasteiger charge is 2.20. The second-order valence-electron chi connectivity index (χ2n) is 4.72. The number of hydrogen-bond acceptors (Lipinski definition) is 3. The fraction of sp³-hybridized carbons (Fsp3) is 1.00. The zero-order valence-electron chi connectivity index (χ0n) is 11.0. The summed E-state index contributed by atoms with van der Waals surface area (Å²) in [6, 6.07) is 0. The van der Waals surface area contributed by atoms with E-state index < -0.39 is 0 Å². The third-order valence-corrected chi connectivity index (χ3v) is 3.32. The van der Waals surface area contributed by atoms with Crippen molar-refractivity contribution in [3.05, 3.63) is 0 Å². The number of nitrogens with zero attached hydrogens (tertiary/aromatic N) is 1. The predicted octanol–water partition coefficient (Wildman–Crippen LogP) is 1.73. The molecule has 1 unspecified atom stereocenters. The van der Waals surface area contributed by atoms with Gasteiger partial charge < -0.3 is 15.0 Å². The average molecular weight is 228 g/mol. The zero-order valence-corrected chi connectivity index (χ0v) is 11.0. The van der Waals surface area contributed by atoms with Crippen molar-refractivity contribution < 1.29 is 4.74 Å². The Bertz CT molecular complexity index is 164. The Kier molecular flexibility index (Phi) is 7.81. The molecule has 1 saturated heterocycles. The van der Waals surface area contributed by atoms with Crippen LogP contribution in [0.25, 0.3) is 0 Å². The minimum Gasteiger partial charge on any atom is -0.380 e. The maximum absolute atomic E-state index is 5.51. The summed E-state index contributed by atoms with van der Waals surface area (Å²) in [4.78, 5) is 2.53. The highest BCUT2D eigenvalue weighted by molar-refractivity contribution is 4.75. The van der Waals surface area contributed by atoms with E-state index in [1.54, 1.807) is 0 Å². The lowest BCUT2D eigenvalue weighted by atomic mass is 10.1. The Hall–Kier alpha value is -0.120. The van der Waals surface area contributed by atoms with E-state index in [1.165, 1.54) is 38.9 Å². The van der Waals surface area contributed by atoms with Crippen LogP contribution in [0.4, 0.5) is 0 Å². The molecular formula is C13H28N2O. The molecule has 0 aromatic carbocycles. The highest BCUT2D eigenvalue weighted by atomic mass is 16.5. The van der Waals surface area contributed by atoms with Crippen LogP contribution in [0, 0.1) is 5.92 Å². The van der Waals surface area contributed by atoms with Crippen molar-refractivity contribution in [2.75, 3.05) is 45.9 Å². The van der Waals surface area contributed by atoms with Crippen molar-refractivity contribution in [1.82, 2.24) is 10.2 Å². The van der Waals surface area contributed by atoms with Gasteiger partial charge in [0.1, 0.15) is 0 Å². The molecule has 0 bridgehead atoms. The summed E-state index contributed by atoms with van der Waals surface area (Å²) in [5, 5.41) is 3.50. The molecule has 0 aliphatic carbocycles. The molecule has 0 aromatic rings. The summed E-state index contributed by atoms with van der Waals surface area (Å²) in [6.45, 7) is 12.2. The fourth-order valence-electron chi connectivity index (χ4n) is 2.17. The third-order valence-electron chi connectivity index (χ3n) is 3.32. The lowest BCUT2D eigenvalue weighted by Gasteiger charge is -2.13. The van der Waals surface area contributed by atoms with Gasteiger partial charge in [-0.25, -0.2) is 0 Å². The van der Waals surface area contributed by atoms with Gasteiger partial charge in [-0.2, -0.15) is 0 Å². The van der Waals surface area contributed by atoms with Crippen LogP contribution in [-0.2, 0) is 4.74 Å². The van der Waals surface area contributed by atoms with Crippen LogP contribution in [0.1, 0.15) is 33.1 Å². The van der Waals surface area contributed by atoms with E-state index >= 15 is 0 Å². The molecule has 1 aliphatic heterocycles. The molecular weight excluding hydrogens is 200 g/mol. The van der Waals surface area contributed by atoms with Crippen LogP contribution < -0.4 is 5.32 Å². The van der Waals surface area contributed by atoms with Crippen molar-refractivity contribution in [3.63, 3.8) is 0 Å². The summed E-state index contributed by atoms with van der Waals surface area (Å²) in [6.07, 6.45) is 3.77. The quantitative estimate of drug-likeness (QED) is 0.608. The molecule has 0 aromatic heterocycles. The summed E-state index contributed by atoms with van der Waals surface area (Å²) in [5.74, 6) is 0.857. The summed E-state index contributed by atoms with van der Waals surface area (Å²) in [5.41, 5.74) is 0. The number of rotatable bonds is 9. The van der Waals surface area contributed by atoms with Crippen LogP contribution in [0.15, 0.2) is 0 Å². The molecule has 0 saturated carbocycles. The van der Waals surface area contributed by atoms with Crippen LogP contribution in [0.3, 0.4) is 0 Å². The highest BCUT2D eigenvalue weighted by Crippen LogP contribution is 2.14. The Morgan fingerprint density at radius 1 is 1.31 bits per heavy atom. The Morgan fingerprint density at radius 2 is 2.19 bits per heavy atom. The van der Waals surface area contributed by atoms with Crippen molar-refractivity contribution in [2.45, 2.75) is 33.1 Å². The van der Waals surface area contributed by atoms with Crippen LogP contribution >= 0.6 is 0 Å². The lowest BCUT2D eigenvalue weighted by Crippen LogP contribution is -2.28. The first kappa shape index (κ1) is 13.9. The molecule has 3 heteroatoms. The molecule has 1 heterocycles. The second-order valence-corrected chi connectivity index (χ2v) is 4.72. The second kappa shape index (κ2) is 8.97. The largest absolute Gasteiger partial charge is 0.380 e. The van der Waals surface area contributed by atoms with Crippen LogP contribution in [0.5, 0.6) is 0 Å². The van der Waals surface area contributed by atoms with Crippen LogP contribution in [0.2, 0.25) is 0 Å². The van der Waals surface area contributed by atoms with E-state index in [0.29, 0.717) is 0 Å². The van der Waals surface area contributed by atoms with Gasteiger partial charge in [0.2, 0.25) is 0 Å². The summed E-state index contributed by atoms with van der Waals surface area (Å²) in [7, 11) is 0. The monoisotopic (exact) mass is 228 g/mol. The van der Waals surface area contributed by atoms with E-state index in [4.69, 9.17) is 4.74 Å². The Labute approximate surface area is 101 Å². The van der Waals surface area contributed by atoms with Crippen LogP contribution in [-0.4, -0.2) is 50.8 Å². The Balaban J connectivity index is 1.84. The van der Waals surface area contributed by atoms with Gasteiger partial charge in [-0.05, 0) is 38.4 Å². The number of hydrogen-bond donors (Lipinski definition) is 1. The number of nitrogens with one attached hydrogen (secondary N) is 1. The van der Waals surface area contributed by atoms with Gasteiger partial charge in [0.05, 0.1) is 6.61 Å². The Morgan fingerprint density at radius 3 is 2.88 bits per heavy atom. The van der Waals surface area contributed by atoms with Gasteiger partial charge in [-0.3, -0.25) is 0 Å². The van der Waals surface area contributed by atoms with Gasteiger partial charge in [0.15, 0.2) is 0 Å². The lowest BCUT2D eigenvalue weighted by molar-refractivity contribution is 0.132. The van der Waals surface area contributed by atoms with E-state index in [1.807, 2.05) is 0 Å². The van der Waals surface area contributed by atoms with Crippen molar-refractivity contribution >= 4 is 0 Å². The van der Waals surface area contributed by atoms with E-state index in [2.05, 4.69) is 24.1 Å². The minimum absolute atomic E-state index is 0.857. The number of unbranched alkanes of at least 4 members (excludes halogenated alkanes) is 1. The third kappa shape index (κ3) is 5.83. The first-order valence-electron chi connectivity index (χ1n) is 6.87. The minimum atomic E-state index is 0.857. The molecule has 1 atom stereocenters. The van der Waals surface area contributed by atoms with E-state index in [0.717, 1.165) is 32.2 Å². The molecule has 1 rings (SSSR count). The maximum Gasteiger partial charge on any atom is 0.0590 e. The summed E-state index contributed by atoms with van der Waals surface area (Å²) >= 11 is 0. The van der Waals surface area contributed by atoms with Gasteiger partial charge in [0, 0.05) is 19.7 Å². The predicted molar refractivity (Wildman–Crippen MR) is 68.8 cm³/mol. The first-order valence-corrected chi connectivity index (χ1v) is 6.87.